The van der Waals surface area contributed by atoms with Crippen molar-refractivity contribution in [1.82, 2.24) is 9.97 Å². The largest absolute Gasteiger partial charge is 0.350 e. The van der Waals surface area contributed by atoms with Gasteiger partial charge in [0, 0.05) is 27.5 Å². The summed E-state index contributed by atoms with van der Waals surface area (Å²) in [6.07, 6.45) is 1.10. The maximum absolute atomic E-state index is 12.8. The lowest BCUT2D eigenvalue weighted by Crippen LogP contribution is -2.12. The molecule has 0 aliphatic heterocycles. The van der Waals surface area contributed by atoms with Crippen LogP contribution in [0.2, 0.25) is 0 Å². The Morgan fingerprint density at radius 1 is 1.06 bits per heavy atom. The van der Waals surface area contributed by atoms with Crippen LogP contribution in [0, 0.1) is 20.8 Å². The molecule has 0 aliphatic carbocycles. The summed E-state index contributed by atoms with van der Waals surface area (Å²) in [5.41, 5.74) is 6.90. The third-order valence-corrected chi connectivity index (χ3v) is 6.46. The van der Waals surface area contributed by atoms with Gasteiger partial charge in [-0.15, -0.1) is 11.3 Å². The van der Waals surface area contributed by atoms with Crippen molar-refractivity contribution in [3.63, 3.8) is 0 Å². The van der Waals surface area contributed by atoms with E-state index in [0.29, 0.717) is 22.2 Å². The number of aromatic amines is 1. The van der Waals surface area contributed by atoms with E-state index in [1.165, 1.54) is 16.9 Å². The van der Waals surface area contributed by atoms with Gasteiger partial charge in [0.15, 0.2) is 5.13 Å². The van der Waals surface area contributed by atoms with Crippen LogP contribution in [0.4, 0.5) is 10.8 Å². The highest BCUT2D eigenvalue weighted by molar-refractivity contribution is 7.92. The van der Waals surface area contributed by atoms with E-state index in [2.05, 4.69) is 33.0 Å². The van der Waals surface area contributed by atoms with Gasteiger partial charge in [-0.2, -0.15) is 0 Å². The number of carbonyl (C=O) groups excluding carboxylic acids is 1. The van der Waals surface area contributed by atoms with Gasteiger partial charge in [0.2, 0.25) is 10.0 Å². The number of nitrogens with one attached hydrogen (secondary N) is 3. The van der Waals surface area contributed by atoms with Crippen molar-refractivity contribution in [1.29, 1.82) is 0 Å². The molecule has 2 aromatic carbocycles. The normalized spacial score (nSPS) is 11.6. The number of anilines is 2. The number of aromatic nitrogens is 2. The maximum atomic E-state index is 12.8. The first-order valence-corrected chi connectivity index (χ1v) is 12.3. The molecule has 160 valence electrons. The van der Waals surface area contributed by atoms with E-state index in [1.54, 1.807) is 24.3 Å². The molecule has 1 amide bonds. The van der Waals surface area contributed by atoms with Crippen molar-refractivity contribution in [2.24, 2.45) is 0 Å². The molecule has 0 aliphatic rings. The molecule has 0 saturated heterocycles. The SMILES string of the molecule is Cc1cc(C)c2cc(C(=O)Nc3nc(-c4ccc(NS(C)(=O)=O)cc4)cs3)[nH]c2c1C. The smallest absolute Gasteiger partial charge is 0.273 e. The van der Waals surface area contributed by atoms with E-state index in [-0.39, 0.29) is 5.91 Å². The predicted molar refractivity (Wildman–Crippen MR) is 126 cm³/mol. The van der Waals surface area contributed by atoms with Crippen LogP contribution < -0.4 is 10.0 Å². The van der Waals surface area contributed by atoms with Crippen LogP contribution in [0.5, 0.6) is 0 Å². The lowest BCUT2D eigenvalue weighted by Gasteiger charge is -2.04. The number of carbonyl (C=O) groups is 1. The number of benzene rings is 2. The third-order valence-electron chi connectivity index (χ3n) is 5.10. The number of H-pyrrole nitrogens is 1. The van der Waals surface area contributed by atoms with Gasteiger partial charge in [-0.1, -0.05) is 18.2 Å². The number of fused-ring (bicyclic) bond motifs is 1. The molecule has 0 radical (unpaired) electrons. The predicted octanol–water partition coefficient (Wildman–Crippen LogP) is 4.84. The van der Waals surface area contributed by atoms with E-state index >= 15 is 0 Å². The van der Waals surface area contributed by atoms with E-state index in [1.807, 2.05) is 25.3 Å². The van der Waals surface area contributed by atoms with Crippen LogP contribution in [0.1, 0.15) is 27.2 Å². The van der Waals surface area contributed by atoms with Crippen molar-refractivity contribution in [2.45, 2.75) is 20.8 Å². The Hall–Kier alpha value is -3.17. The summed E-state index contributed by atoms with van der Waals surface area (Å²) in [6.45, 7) is 6.14. The summed E-state index contributed by atoms with van der Waals surface area (Å²) in [5.74, 6) is -0.249. The van der Waals surface area contributed by atoms with Crippen molar-refractivity contribution in [2.75, 3.05) is 16.3 Å². The van der Waals surface area contributed by atoms with Crippen molar-refractivity contribution in [3.05, 3.63) is 64.2 Å². The Bertz CT molecular complexity index is 1400. The summed E-state index contributed by atoms with van der Waals surface area (Å²) in [4.78, 5) is 20.5. The minimum Gasteiger partial charge on any atom is -0.350 e. The fourth-order valence-corrected chi connectivity index (χ4v) is 4.72. The molecule has 3 N–H and O–H groups in total. The Labute approximate surface area is 184 Å². The summed E-state index contributed by atoms with van der Waals surface area (Å²) in [6, 6.07) is 10.9. The summed E-state index contributed by atoms with van der Waals surface area (Å²) >= 11 is 1.33. The first-order valence-electron chi connectivity index (χ1n) is 9.55. The molecular formula is C22H22N4O3S2. The van der Waals surface area contributed by atoms with Gasteiger partial charge < -0.3 is 4.98 Å². The van der Waals surface area contributed by atoms with Crippen LogP contribution in [0.3, 0.4) is 0 Å². The average molecular weight is 455 g/mol. The minimum absolute atomic E-state index is 0.249. The number of amides is 1. The summed E-state index contributed by atoms with van der Waals surface area (Å²) < 4.78 is 25.1. The second-order valence-electron chi connectivity index (χ2n) is 7.55. The molecule has 2 heterocycles. The van der Waals surface area contributed by atoms with Crippen LogP contribution in [0.15, 0.2) is 41.8 Å². The first-order chi connectivity index (χ1) is 14.6. The number of rotatable bonds is 5. The number of hydrogen-bond donors (Lipinski definition) is 3. The van der Waals surface area contributed by atoms with Crippen molar-refractivity contribution < 1.29 is 13.2 Å². The second kappa shape index (κ2) is 7.82. The van der Waals surface area contributed by atoms with Gasteiger partial charge in [-0.05, 0) is 55.7 Å². The van der Waals surface area contributed by atoms with E-state index in [0.717, 1.165) is 33.8 Å². The lowest BCUT2D eigenvalue weighted by atomic mass is 10.0. The molecule has 4 rings (SSSR count). The molecule has 0 bridgehead atoms. The molecule has 2 aromatic heterocycles. The Morgan fingerprint density at radius 3 is 2.45 bits per heavy atom. The highest BCUT2D eigenvalue weighted by Gasteiger charge is 2.15. The van der Waals surface area contributed by atoms with E-state index in [9.17, 15) is 13.2 Å². The summed E-state index contributed by atoms with van der Waals surface area (Å²) in [5, 5.41) is 6.22. The van der Waals surface area contributed by atoms with Crippen molar-refractivity contribution >= 4 is 49.0 Å². The Balaban J connectivity index is 1.53. The fourth-order valence-electron chi connectivity index (χ4n) is 3.44. The zero-order chi connectivity index (χ0) is 22.3. The Morgan fingerprint density at radius 2 is 1.77 bits per heavy atom. The Kier molecular flexibility index (Phi) is 5.32. The molecule has 0 fully saturated rings. The molecule has 4 aromatic rings. The number of aryl methyl sites for hydroxylation is 3. The molecule has 0 saturated carbocycles. The van der Waals surface area contributed by atoms with Crippen LogP contribution in [-0.4, -0.2) is 30.5 Å². The van der Waals surface area contributed by atoms with E-state index < -0.39 is 10.0 Å². The van der Waals surface area contributed by atoms with Gasteiger partial charge >= 0.3 is 0 Å². The molecule has 0 unspecified atom stereocenters. The molecule has 0 spiro atoms. The quantitative estimate of drug-likeness (QED) is 0.401. The standard InChI is InChI=1S/C22H22N4O3S2/c1-12-9-13(2)17-10-18(23-20(17)14(12)3)21(27)25-22-24-19(11-30-22)15-5-7-16(8-6-15)26-31(4,28)29/h5-11,23,26H,1-4H3,(H,24,25,27). The van der Waals surface area contributed by atoms with Gasteiger partial charge in [0.25, 0.3) is 5.91 Å². The topological polar surface area (TPSA) is 104 Å². The number of nitrogens with zero attached hydrogens (tertiary/aromatic N) is 1. The highest BCUT2D eigenvalue weighted by atomic mass is 32.2. The lowest BCUT2D eigenvalue weighted by molar-refractivity contribution is 0.102. The third kappa shape index (κ3) is 4.47. The number of hydrogen-bond acceptors (Lipinski definition) is 5. The zero-order valence-electron chi connectivity index (χ0n) is 17.5. The van der Waals surface area contributed by atoms with Gasteiger partial charge in [0.1, 0.15) is 5.69 Å². The number of thiazole rings is 1. The molecule has 9 heteroatoms. The summed E-state index contributed by atoms with van der Waals surface area (Å²) in [7, 11) is -3.32. The number of sulfonamides is 1. The van der Waals surface area contributed by atoms with Crippen molar-refractivity contribution in [3.8, 4) is 11.3 Å². The average Bonchev–Trinajstić information content (AvgIpc) is 3.33. The zero-order valence-corrected chi connectivity index (χ0v) is 19.2. The van der Waals surface area contributed by atoms with Gasteiger partial charge in [0.05, 0.1) is 11.9 Å². The van der Waals surface area contributed by atoms with Gasteiger partial charge in [-0.3, -0.25) is 14.8 Å². The molecule has 7 nitrogen and oxygen atoms in total. The second-order valence-corrected chi connectivity index (χ2v) is 10.2. The monoisotopic (exact) mass is 454 g/mol. The molecular weight excluding hydrogens is 432 g/mol. The van der Waals surface area contributed by atoms with E-state index in [4.69, 9.17) is 0 Å². The first kappa shape index (κ1) is 21.1. The van der Waals surface area contributed by atoms with Crippen LogP contribution >= 0.6 is 11.3 Å². The fraction of sp³-hybridized carbons (Fsp3) is 0.182. The van der Waals surface area contributed by atoms with Gasteiger partial charge in [-0.25, -0.2) is 13.4 Å². The molecule has 0 atom stereocenters. The maximum Gasteiger partial charge on any atom is 0.273 e. The highest BCUT2D eigenvalue weighted by Crippen LogP contribution is 2.28. The van der Waals surface area contributed by atoms with Crippen LogP contribution in [-0.2, 0) is 10.0 Å². The van der Waals surface area contributed by atoms with Crippen LogP contribution in [0.25, 0.3) is 22.2 Å². The molecule has 31 heavy (non-hydrogen) atoms. The minimum atomic E-state index is -3.32.